The van der Waals surface area contributed by atoms with Crippen LogP contribution in [0, 0.1) is 0 Å². The summed E-state index contributed by atoms with van der Waals surface area (Å²) in [5, 5.41) is 0. The molecule has 0 saturated carbocycles. The van der Waals surface area contributed by atoms with E-state index in [9.17, 15) is 19.2 Å². The van der Waals surface area contributed by atoms with Gasteiger partial charge in [-0.3, -0.25) is 19.2 Å². The molecule has 0 spiro atoms. The van der Waals surface area contributed by atoms with Crippen molar-refractivity contribution in [2.45, 2.75) is 27.7 Å². The molecule has 0 bridgehead atoms. The van der Waals surface area contributed by atoms with E-state index in [4.69, 9.17) is 14.2 Å². The van der Waals surface area contributed by atoms with Crippen molar-refractivity contribution in [1.29, 1.82) is 0 Å². The molecule has 2 rings (SSSR count). The number of ether oxygens (including phenoxy) is 3. The van der Waals surface area contributed by atoms with Gasteiger partial charge in [0.15, 0.2) is 5.78 Å². The zero-order valence-corrected chi connectivity index (χ0v) is 15.3. The second-order valence-electron chi connectivity index (χ2n) is 5.71. The van der Waals surface area contributed by atoms with Gasteiger partial charge in [-0.25, -0.2) is 0 Å². The van der Waals surface area contributed by atoms with Gasteiger partial charge < -0.3 is 14.2 Å². The highest BCUT2D eigenvalue weighted by Crippen LogP contribution is 2.39. The third kappa shape index (κ3) is 5.24. The second kappa shape index (κ2) is 8.27. The lowest BCUT2D eigenvalue weighted by molar-refractivity contribution is -0.133. The third-order valence-electron chi connectivity index (χ3n) is 3.40. The first-order valence-corrected chi connectivity index (χ1v) is 8.02. The number of hydrogen-bond donors (Lipinski definition) is 0. The van der Waals surface area contributed by atoms with Crippen molar-refractivity contribution < 1.29 is 33.4 Å². The van der Waals surface area contributed by atoms with Crippen molar-refractivity contribution in [3.8, 4) is 28.4 Å². The van der Waals surface area contributed by atoms with E-state index in [-0.39, 0.29) is 23.0 Å². The van der Waals surface area contributed by atoms with Crippen LogP contribution >= 0.6 is 0 Å². The molecule has 7 heteroatoms. The summed E-state index contributed by atoms with van der Waals surface area (Å²) in [5.41, 5.74) is 1.22. The van der Waals surface area contributed by atoms with Gasteiger partial charge in [0, 0.05) is 43.5 Å². The van der Waals surface area contributed by atoms with Gasteiger partial charge in [-0.2, -0.15) is 0 Å². The van der Waals surface area contributed by atoms with E-state index < -0.39 is 17.9 Å². The minimum atomic E-state index is -0.578. The van der Waals surface area contributed by atoms with Crippen LogP contribution in [0.15, 0.2) is 36.4 Å². The Kier molecular flexibility index (Phi) is 6.07. The Bertz CT molecular complexity index is 928. The predicted octanol–water partition coefficient (Wildman–Crippen LogP) is 3.33. The van der Waals surface area contributed by atoms with Gasteiger partial charge in [0.25, 0.3) is 0 Å². The number of esters is 3. The van der Waals surface area contributed by atoms with Crippen molar-refractivity contribution in [1.82, 2.24) is 0 Å². The van der Waals surface area contributed by atoms with Gasteiger partial charge in [-0.1, -0.05) is 6.07 Å². The maximum Gasteiger partial charge on any atom is 0.308 e. The number of rotatable bonds is 5. The number of carbonyl (C=O) groups is 4. The quantitative estimate of drug-likeness (QED) is 0.452. The number of Topliss-reactive ketones (excluding diaryl/α,β-unsaturated/α-hetero) is 1. The van der Waals surface area contributed by atoms with Gasteiger partial charge in [0.1, 0.15) is 17.2 Å². The standard InChI is InChI=1S/C20H18O7/c1-11(21)15-5-7-17(19(9-15)26-13(3)23)18-8-6-16(25-12(2)22)10-20(18)27-14(4)24/h5-10H,1-4H3. The van der Waals surface area contributed by atoms with Crippen molar-refractivity contribution in [2.75, 3.05) is 0 Å². The predicted molar refractivity (Wildman–Crippen MR) is 95.8 cm³/mol. The van der Waals surface area contributed by atoms with Crippen LogP contribution < -0.4 is 14.2 Å². The Morgan fingerprint density at radius 2 is 1.11 bits per heavy atom. The molecule has 0 aliphatic rings. The van der Waals surface area contributed by atoms with Crippen LogP contribution in [0.4, 0.5) is 0 Å². The molecule has 0 saturated heterocycles. The van der Waals surface area contributed by atoms with Crippen LogP contribution in [0.2, 0.25) is 0 Å². The van der Waals surface area contributed by atoms with Gasteiger partial charge in [-0.15, -0.1) is 0 Å². The summed E-state index contributed by atoms with van der Waals surface area (Å²) in [4.78, 5) is 45.7. The Morgan fingerprint density at radius 3 is 1.59 bits per heavy atom. The van der Waals surface area contributed by atoms with E-state index in [0.29, 0.717) is 16.7 Å². The summed E-state index contributed by atoms with van der Waals surface area (Å²) < 4.78 is 15.5. The van der Waals surface area contributed by atoms with Crippen molar-refractivity contribution in [3.63, 3.8) is 0 Å². The summed E-state index contributed by atoms with van der Waals surface area (Å²) >= 11 is 0. The molecule has 2 aromatic carbocycles. The Balaban J connectivity index is 2.64. The fourth-order valence-corrected chi connectivity index (χ4v) is 2.40. The monoisotopic (exact) mass is 370 g/mol. The minimum absolute atomic E-state index is 0.116. The maximum absolute atomic E-state index is 11.6. The Morgan fingerprint density at radius 1 is 0.630 bits per heavy atom. The lowest BCUT2D eigenvalue weighted by atomic mass is 10.00. The molecule has 27 heavy (non-hydrogen) atoms. The molecular weight excluding hydrogens is 352 g/mol. The number of hydrogen-bond acceptors (Lipinski definition) is 7. The highest BCUT2D eigenvalue weighted by molar-refractivity contribution is 5.96. The summed E-state index contributed by atoms with van der Waals surface area (Å²) in [6, 6.07) is 9.06. The number of carbonyl (C=O) groups excluding carboxylic acids is 4. The summed E-state index contributed by atoms with van der Waals surface area (Å²) in [6.45, 7) is 5.11. The molecule has 0 aliphatic heterocycles. The van der Waals surface area contributed by atoms with Gasteiger partial charge in [0.2, 0.25) is 0 Å². The van der Waals surface area contributed by atoms with Crippen molar-refractivity contribution in [3.05, 3.63) is 42.0 Å². The van der Waals surface area contributed by atoms with Crippen LogP contribution in [0.3, 0.4) is 0 Å². The lowest BCUT2D eigenvalue weighted by Gasteiger charge is -2.15. The van der Waals surface area contributed by atoms with E-state index >= 15 is 0 Å². The zero-order valence-electron chi connectivity index (χ0n) is 15.3. The highest BCUT2D eigenvalue weighted by Gasteiger charge is 2.17. The molecule has 7 nitrogen and oxygen atoms in total. The first-order chi connectivity index (χ1) is 12.7. The third-order valence-corrected chi connectivity index (χ3v) is 3.40. The Labute approximate surface area is 155 Å². The molecule has 0 N–H and O–H groups in total. The van der Waals surface area contributed by atoms with Gasteiger partial charge in [-0.05, 0) is 31.2 Å². The molecule has 0 aromatic heterocycles. The largest absolute Gasteiger partial charge is 0.427 e. The number of ketones is 1. The molecule has 0 heterocycles. The molecule has 0 fully saturated rings. The molecular formula is C20H18O7. The average molecular weight is 370 g/mol. The smallest absolute Gasteiger partial charge is 0.308 e. The van der Waals surface area contributed by atoms with Crippen LogP contribution in [0.1, 0.15) is 38.1 Å². The van der Waals surface area contributed by atoms with E-state index in [1.165, 1.54) is 45.9 Å². The van der Waals surface area contributed by atoms with Gasteiger partial charge >= 0.3 is 17.9 Å². The molecule has 140 valence electrons. The molecule has 0 radical (unpaired) electrons. The van der Waals surface area contributed by atoms with Gasteiger partial charge in [0.05, 0.1) is 0 Å². The van der Waals surface area contributed by atoms with Crippen molar-refractivity contribution in [2.24, 2.45) is 0 Å². The minimum Gasteiger partial charge on any atom is -0.427 e. The first kappa shape index (κ1) is 19.8. The van der Waals surface area contributed by atoms with Crippen LogP contribution in [-0.4, -0.2) is 23.7 Å². The zero-order chi connectivity index (χ0) is 20.1. The van der Waals surface area contributed by atoms with Crippen molar-refractivity contribution >= 4 is 23.7 Å². The molecule has 2 aromatic rings. The highest BCUT2D eigenvalue weighted by atomic mass is 16.5. The summed E-state index contributed by atoms with van der Waals surface area (Å²) in [5.74, 6) is -1.41. The fraction of sp³-hybridized carbons (Fsp3) is 0.200. The maximum atomic E-state index is 11.6. The van der Waals surface area contributed by atoms with Crippen LogP contribution in [0.25, 0.3) is 11.1 Å². The average Bonchev–Trinajstić information content (AvgIpc) is 2.53. The van der Waals surface area contributed by atoms with Crippen LogP contribution in [-0.2, 0) is 14.4 Å². The summed E-state index contributed by atoms with van der Waals surface area (Å²) in [7, 11) is 0. The molecule has 0 unspecified atom stereocenters. The van der Waals surface area contributed by atoms with E-state index in [1.54, 1.807) is 18.2 Å². The lowest BCUT2D eigenvalue weighted by Crippen LogP contribution is -2.07. The fourth-order valence-electron chi connectivity index (χ4n) is 2.40. The van der Waals surface area contributed by atoms with E-state index in [1.807, 2.05) is 0 Å². The van der Waals surface area contributed by atoms with Crippen LogP contribution in [0.5, 0.6) is 17.2 Å². The van der Waals surface area contributed by atoms with E-state index in [2.05, 4.69) is 0 Å². The normalized spacial score (nSPS) is 10.1. The molecule has 0 amide bonds. The molecule has 0 aliphatic carbocycles. The molecule has 0 atom stereocenters. The summed E-state index contributed by atoms with van der Waals surface area (Å²) in [6.07, 6.45) is 0. The number of benzene rings is 2. The topological polar surface area (TPSA) is 96.0 Å². The second-order valence-corrected chi connectivity index (χ2v) is 5.71. The Hall–Kier alpha value is -3.48. The van der Waals surface area contributed by atoms with E-state index in [0.717, 1.165) is 0 Å². The first-order valence-electron chi connectivity index (χ1n) is 8.02. The SMILES string of the molecule is CC(=O)Oc1ccc(-c2ccc(C(C)=O)cc2OC(C)=O)c(OC(C)=O)c1.